The van der Waals surface area contributed by atoms with Crippen molar-refractivity contribution in [2.75, 3.05) is 0 Å². The summed E-state index contributed by atoms with van der Waals surface area (Å²) in [4.78, 5) is 0. The second-order valence-electron chi connectivity index (χ2n) is 6.44. The molecule has 0 amide bonds. The fraction of sp³-hybridized carbons (Fsp3) is 0.238. The first-order chi connectivity index (χ1) is 10.0. The molecule has 0 spiro atoms. The van der Waals surface area contributed by atoms with Crippen LogP contribution in [0.15, 0.2) is 30.3 Å². The van der Waals surface area contributed by atoms with Crippen LogP contribution in [-0.4, -0.2) is 0 Å². The van der Waals surface area contributed by atoms with Crippen LogP contribution in [0.5, 0.6) is 0 Å². The highest BCUT2D eigenvalue weighted by atomic mass is 14.2. The Bertz CT molecular complexity index is 994. The molecule has 4 aromatic rings. The lowest BCUT2D eigenvalue weighted by molar-refractivity contribution is 1.32. The van der Waals surface area contributed by atoms with Crippen LogP contribution in [0.4, 0.5) is 0 Å². The fourth-order valence-electron chi connectivity index (χ4n) is 3.82. The number of hydrogen-bond donors (Lipinski definition) is 0. The summed E-state index contributed by atoms with van der Waals surface area (Å²) in [5.74, 6) is 0. The van der Waals surface area contributed by atoms with Crippen molar-refractivity contribution in [2.45, 2.75) is 34.6 Å². The van der Waals surface area contributed by atoms with Crippen molar-refractivity contribution >= 4 is 32.3 Å². The molecule has 0 nitrogen and oxygen atoms in total. The Kier molecular flexibility index (Phi) is 2.39. The summed E-state index contributed by atoms with van der Waals surface area (Å²) >= 11 is 0. The lowest BCUT2D eigenvalue weighted by atomic mass is 9.85. The van der Waals surface area contributed by atoms with Crippen molar-refractivity contribution < 1.29 is 0 Å². The molecule has 0 saturated carbocycles. The molecule has 0 bridgehead atoms. The quantitative estimate of drug-likeness (QED) is 0.338. The molecule has 0 saturated heterocycles. The van der Waals surface area contributed by atoms with Crippen LogP contribution in [-0.2, 0) is 0 Å². The van der Waals surface area contributed by atoms with Crippen LogP contribution in [0.1, 0.15) is 27.8 Å². The molecule has 21 heavy (non-hydrogen) atoms. The molecule has 4 rings (SSSR count). The first-order valence-electron chi connectivity index (χ1n) is 7.65. The van der Waals surface area contributed by atoms with Crippen LogP contribution >= 0.6 is 0 Å². The maximum Gasteiger partial charge on any atom is -0.00212 e. The van der Waals surface area contributed by atoms with E-state index in [4.69, 9.17) is 0 Å². The molecular formula is C21H20. The Morgan fingerprint density at radius 3 is 1.67 bits per heavy atom. The topological polar surface area (TPSA) is 0 Å². The molecule has 104 valence electrons. The van der Waals surface area contributed by atoms with Gasteiger partial charge in [-0.3, -0.25) is 0 Å². The molecule has 0 N–H and O–H groups in total. The van der Waals surface area contributed by atoms with E-state index in [0.717, 1.165) is 0 Å². The summed E-state index contributed by atoms with van der Waals surface area (Å²) in [7, 11) is 0. The summed E-state index contributed by atoms with van der Waals surface area (Å²) in [6, 6.07) is 11.6. The maximum absolute atomic E-state index is 2.33. The SMILES string of the molecule is Cc1cc2ccc3c(C)c(C)c(C)c4ccc(c1C)c2c34. The molecule has 0 heteroatoms. The van der Waals surface area contributed by atoms with Crippen molar-refractivity contribution in [3.8, 4) is 0 Å². The van der Waals surface area contributed by atoms with E-state index in [1.807, 2.05) is 0 Å². The van der Waals surface area contributed by atoms with Crippen molar-refractivity contribution in [1.82, 2.24) is 0 Å². The van der Waals surface area contributed by atoms with Crippen molar-refractivity contribution in [1.29, 1.82) is 0 Å². The Hall–Kier alpha value is -2.08. The van der Waals surface area contributed by atoms with E-state index < -0.39 is 0 Å². The summed E-state index contributed by atoms with van der Waals surface area (Å²) in [5.41, 5.74) is 7.06. The number of hydrogen-bond acceptors (Lipinski definition) is 0. The van der Waals surface area contributed by atoms with Crippen LogP contribution in [0.3, 0.4) is 0 Å². The van der Waals surface area contributed by atoms with Gasteiger partial charge >= 0.3 is 0 Å². The predicted molar refractivity (Wildman–Crippen MR) is 93.8 cm³/mol. The second-order valence-corrected chi connectivity index (χ2v) is 6.44. The highest BCUT2D eigenvalue weighted by molar-refractivity contribution is 6.25. The highest BCUT2D eigenvalue weighted by Crippen LogP contribution is 2.40. The summed E-state index contributed by atoms with van der Waals surface area (Å²) in [5, 5.41) is 8.50. The summed E-state index contributed by atoms with van der Waals surface area (Å²) < 4.78 is 0. The van der Waals surface area contributed by atoms with Crippen molar-refractivity contribution in [2.24, 2.45) is 0 Å². The molecule has 0 aliphatic rings. The zero-order valence-corrected chi connectivity index (χ0v) is 13.4. The van der Waals surface area contributed by atoms with E-state index in [9.17, 15) is 0 Å². The van der Waals surface area contributed by atoms with Crippen LogP contribution in [0.2, 0.25) is 0 Å². The van der Waals surface area contributed by atoms with Gasteiger partial charge in [0.2, 0.25) is 0 Å². The van der Waals surface area contributed by atoms with Gasteiger partial charge in [-0.25, -0.2) is 0 Å². The molecule has 0 atom stereocenters. The molecule has 0 fully saturated rings. The lowest BCUT2D eigenvalue weighted by Gasteiger charge is -2.19. The minimum absolute atomic E-state index is 1.37. The van der Waals surface area contributed by atoms with Gasteiger partial charge in [-0.05, 0) is 94.8 Å². The fourth-order valence-corrected chi connectivity index (χ4v) is 3.82. The van der Waals surface area contributed by atoms with Crippen LogP contribution < -0.4 is 0 Å². The minimum Gasteiger partial charge on any atom is -0.0537 e. The van der Waals surface area contributed by atoms with E-state index in [1.165, 1.54) is 60.1 Å². The zero-order valence-electron chi connectivity index (χ0n) is 13.4. The summed E-state index contributed by atoms with van der Waals surface area (Å²) in [6.07, 6.45) is 0. The van der Waals surface area contributed by atoms with E-state index >= 15 is 0 Å². The van der Waals surface area contributed by atoms with Gasteiger partial charge in [-0.2, -0.15) is 0 Å². The molecule has 0 aliphatic carbocycles. The van der Waals surface area contributed by atoms with Gasteiger partial charge < -0.3 is 0 Å². The van der Waals surface area contributed by atoms with Gasteiger partial charge in [-0.15, -0.1) is 0 Å². The Labute approximate surface area is 125 Å². The molecule has 0 aromatic heterocycles. The standard InChI is InChI=1S/C21H20/c1-11-10-16-6-7-18-14(4)13(3)15(5)19-9-8-17(12(11)2)20(16)21(18)19/h6-10H,1-5H3. The number of rotatable bonds is 0. The minimum atomic E-state index is 1.37. The van der Waals surface area contributed by atoms with E-state index in [2.05, 4.69) is 65.0 Å². The average molecular weight is 272 g/mol. The highest BCUT2D eigenvalue weighted by Gasteiger charge is 2.15. The number of benzene rings is 4. The van der Waals surface area contributed by atoms with E-state index in [0.29, 0.717) is 0 Å². The van der Waals surface area contributed by atoms with Gasteiger partial charge in [0.05, 0.1) is 0 Å². The zero-order chi connectivity index (χ0) is 14.9. The Morgan fingerprint density at radius 1 is 0.524 bits per heavy atom. The predicted octanol–water partition coefficient (Wildman–Crippen LogP) is 6.13. The van der Waals surface area contributed by atoms with E-state index in [-0.39, 0.29) is 0 Å². The Balaban J connectivity index is 2.44. The van der Waals surface area contributed by atoms with Gasteiger partial charge in [0.1, 0.15) is 0 Å². The summed E-state index contributed by atoms with van der Waals surface area (Å²) in [6.45, 7) is 11.2. The third-order valence-electron chi connectivity index (χ3n) is 5.49. The maximum atomic E-state index is 2.33. The second kappa shape index (κ2) is 3.98. The molecular weight excluding hydrogens is 252 g/mol. The molecule has 0 aliphatic heterocycles. The molecule has 0 radical (unpaired) electrons. The molecule has 0 unspecified atom stereocenters. The largest absolute Gasteiger partial charge is 0.0537 e. The van der Waals surface area contributed by atoms with Crippen molar-refractivity contribution in [3.05, 3.63) is 58.1 Å². The third-order valence-corrected chi connectivity index (χ3v) is 5.49. The third kappa shape index (κ3) is 1.45. The number of aryl methyl sites for hydroxylation is 4. The van der Waals surface area contributed by atoms with E-state index in [1.54, 1.807) is 0 Å². The first kappa shape index (κ1) is 12.6. The Morgan fingerprint density at radius 2 is 1.05 bits per heavy atom. The van der Waals surface area contributed by atoms with Gasteiger partial charge in [0, 0.05) is 0 Å². The average Bonchev–Trinajstić information content (AvgIpc) is 2.49. The van der Waals surface area contributed by atoms with Crippen molar-refractivity contribution in [3.63, 3.8) is 0 Å². The van der Waals surface area contributed by atoms with Crippen LogP contribution in [0.25, 0.3) is 32.3 Å². The van der Waals surface area contributed by atoms with Gasteiger partial charge in [-0.1, -0.05) is 30.3 Å². The van der Waals surface area contributed by atoms with Crippen LogP contribution in [0, 0.1) is 34.6 Å². The molecule has 0 heterocycles. The van der Waals surface area contributed by atoms with Gasteiger partial charge in [0.25, 0.3) is 0 Å². The smallest absolute Gasteiger partial charge is 0.00212 e. The monoisotopic (exact) mass is 272 g/mol. The first-order valence-corrected chi connectivity index (χ1v) is 7.65. The molecule has 4 aromatic carbocycles. The normalized spacial score (nSPS) is 12.0. The lowest BCUT2D eigenvalue weighted by Crippen LogP contribution is -1.95. The van der Waals surface area contributed by atoms with Gasteiger partial charge in [0.15, 0.2) is 0 Å².